The summed E-state index contributed by atoms with van der Waals surface area (Å²) in [7, 11) is 0. The molecule has 0 fully saturated rings. The summed E-state index contributed by atoms with van der Waals surface area (Å²) in [6, 6.07) is 10.1. The molecule has 92 valence electrons. The van der Waals surface area contributed by atoms with Gasteiger partial charge >= 0.3 is 5.97 Å². The van der Waals surface area contributed by atoms with Gasteiger partial charge in [-0.1, -0.05) is 18.2 Å². The number of carboxylic acid groups (broad SMARTS) is 1. The van der Waals surface area contributed by atoms with Crippen LogP contribution >= 0.6 is 11.3 Å². The summed E-state index contributed by atoms with van der Waals surface area (Å²) in [5.41, 5.74) is 0.486. The topological polar surface area (TPSA) is 63.6 Å². The second-order valence-corrected chi connectivity index (χ2v) is 4.46. The number of carboxylic acids is 1. The molecule has 0 spiro atoms. The van der Waals surface area contributed by atoms with E-state index in [1.165, 1.54) is 11.3 Å². The molecule has 0 aliphatic rings. The Morgan fingerprint density at radius 3 is 2.72 bits per heavy atom. The largest absolute Gasteiger partial charge is 0.482 e. The van der Waals surface area contributed by atoms with Crippen molar-refractivity contribution in [3.05, 3.63) is 52.2 Å². The summed E-state index contributed by atoms with van der Waals surface area (Å²) in [5.74, 6) is -0.768. The third-order valence-corrected chi connectivity index (χ3v) is 3.07. The van der Waals surface area contributed by atoms with E-state index in [2.05, 4.69) is 0 Å². The maximum atomic E-state index is 12.0. The van der Waals surface area contributed by atoms with E-state index in [4.69, 9.17) is 9.84 Å². The molecule has 5 heteroatoms. The lowest BCUT2D eigenvalue weighted by atomic mass is 10.1. The average molecular weight is 262 g/mol. The van der Waals surface area contributed by atoms with E-state index in [-0.39, 0.29) is 5.78 Å². The first-order chi connectivity index (χ1) is 8.66. The van der Waals surface area contributed by atoms with Crippen LogP contribution in [0.25, 0.3) is 0 Å². The minimum Gasteiger partial charge on any atom is -0.482 e. The van der Waals surface area contributed by atoms with Gasteiger partial charge in [0.25, 0.3) is 0 Å². The lowest BCUT2D eigenvalue weighted by Crippen LogP contribution is -2.09. The Balaban J connectivity index is 2.17. The van der Waals surface area contributed by atoms with Gasteiger partial charge in [0, 0.05) is 5.56 Å². The molecule has 0 saturated heterocycles. The van der Waals surface area contributed by atoms with E-state index in [1.807, 2.05) is 11.4 Å². The normalized spacial score (nSPS) is 10.0. The highest BCUT2D eigenvalue weighted by Gasteiger charge is 2.10. The van der Waals surface area contributed by atoms with Gasteiger partial charge in [-0.2, -0.15) is 0 Å². The van der Waals surface area contributed by atoms with Crippen molar-refractivity contribution in [3.8, 4) is 5.75 Å². The van der Waals surface area contributed by atoms with Crippen LogP contribution in [-0.2, 0) is 4.79 Å². The first-order valence-electron chi connectivity index (χ1n) is 5.19. The lowest BCUT2D eigenvalue weighted by Gasteiger charge is -2.04. The van der Waals surface area contributed by atoms with Crippen LogP contribution in [0.2, 0.25) is 0 Å². The van der Waals surface area contributed by atoms with Gasteiger partial charge in [-0.15, -0.1) is 11.3 Å². The first-order valence-corrected chi connectivity index (χ1v) is 6.07. The fraction of sp³-hybridized carbons (Fsp3) is 0.0769. The van der Waals surface area contributed by atoms with Gasteiger partial charge in [0.2, 0.25) is 5.78 Å². The second-order valence-electron chi connectivity index (χ2n) is 3.52. The van der Waals surface area contributed by atoms with Crippen molar-refractivity contribution in [1.82, 2.24) is 0 Å². The predicted molar refractivity (Wildman–Crippen MR) is 67.3 cm³/mol. The monoisotopic (exact) mass is 262 g/mol. The summed E-state index contributed by atoms with van der Waals surface area (Å²) in [5, 5.41) is 10.3. The highest BCUT2D eigenvalue weighted by molar-refractivity contribution is 7.12. The predicted octanol–water partition coefficient (Wildman–Crippen LogP) is 2.44. The van der Waals surface area contributed by atoms with E-state index in [9.17, 15) is 9.59 Å². The van der Waals surface area contributed by atoms with E-state index in [0.29, 0.717) is 16.2 Å². The Kier molecular flexibility index (Phi) is 3.74. The van der Waals surface area contributed by atoms with Gasteiger partial charge in [0.15, 0.2) is 6.61 Å². The highest BCUT2D eigenvalue weighted by atomic mass is 32.1. The molecular formula is C13H10O4S. The summed E-state index contributed by atoms with van der Waals surface area (Å²) in [6.07, 6.45) is 0. The molecule has 0 aliphatic heterocycles. The Morgan fingerprint density at radius 1 is 1.22 bits per heavy atom. The maximum absolute atomic E-state index is 12.0. The van der Waals surface area contributed by atoms with Crippen LogP contribution in [-0.4, -0.2) is 23.5 Å². The fourth-order valence-electron chi connectivity index (χ4n) is 1.42. The SMILES string of the molecule is O=C(O)COc1cccc(C(=O)c2cccs2)c1. The number of hydrogen-bond donors (Lipinski definition) is 1. The molecule has 0 radical (unpaired) electrons. The molecule has 0 saturated carbocycles. The fourth-order valence-corrected chi connectivity index (χ4v) is 2.11. The van der Waals surface area contributed by atoms with Crippen LogP contribution in [0.1, 0.15) is 15.2 Å². The molecule has 18 heavy (non-hydrogen) atoms. The first kappa shape index (κ1) is 12.3. The maximum Gasteiger partial charge on any atom is 0.341 e. The number of aliphatic carboxylic acids is 1. The molecule has 2 aromatic rings. The van der Waals surface area contributed by atoms with Crippen molar-refractivity contribution in [2.24, 2.45) is 0 Å². The zero-order valence-electron chi connectivity index (χ0n) is 9.33. The van der Waals surface area contributed by atoms with Crippen LogP contribution in [0.5, 0.6) is 5.75 Å². The van der Waals surface area contributed by atoms with Crippen LogP contribution in [0.4, 0.5) is 0 Å². The second kappa shape index (κ2) is 5.46. The van der Waals surface area contributed by atoms with Crippen LogP contribution in [0.3, 0.4) is 0 Å². The molecule has 2 rings (SSSR count). The number of thiophene rings is 1. The van der Waals surface area contributed by atoms with Crippen molar-refractivity contribution in [3.63, 3.8) is 0 Å². The zero-order valence-corrected chi connectivity index (χ0v) is 10.1. The molecule has 0 unspecified atom stereocenters. The third-order valence-electron chi connectivity index (χ3n) is 2.20. The quantitative estimate of drug-likeness (QED) is 0.841. The number of hydrogen-bond acceptors (Lipinski definition) is 4. The standard InChI is InChI=1S/C13H10O4S/c14-12(15)8-17-10-4-1-3-9(7-10)13(16)11-5-2-6-18-11/h1-7H,8H2,(H,14,15). The number of ether oxygens (including phenoxy) is 1. The van der Waals surface area contributed by atoms with Crippen molar-refractivity contribution >= 4 is 23.1 Å². The van der Waals surface area contributed by atoms with Gasteiger partial charge in [-0.3, -0.25) is 4.79 Å². The molecule has 4 nitrogen and oxygen atoms in total. The Bertz CT molecular complexity index is 560. The van der Waals surface area contributed by atoms with E-state index < -0.39 is 12.6 Å². The van der Waals surface area contributed by atoms with Gasteiger partial charge in [0.1, 0.15) is 5.75 Å². The van der Waals surface area contributed by atoms with Crippen molar-refractivity contribution in [2.75, 3.05) is 6.61 Å². The molecular weight excluding hydrogens is 252 g/mol. The minimum absolute atomic E-state index is 0.0919. The van der Waals surface area contributed by atoms with Gasteiger partial charge in [-0.05, 0) is 23.6 Å². The van der Waals surface area contributed by atoms with Crippen LogP contribution < -0.4 is 4.74 Å². The molecule has 0 bridgehead atoms. The van der Waals surface area contributed by atoms with E-state index in [1.54, 1.807) is 30.3 Å². The average Bonchev–Trinajstić information content (AvgIpc) is 2.89. The number of carbonyl (C=O) groups is 2. The number of ketones is 1. The van der Waals surface area contributed by atoms with Crippen molar-refractivity contribution < 1.29 is 19.4 Å². The van der Waals surface area contributed by atoms with Gasteiger partial charge in [-0.25, -0.2) is 4.79 Å². The van der Waals surface area contributed by atoms with Gasteiger partial charge in [0.05, 0.1) is 4.88 Å². The zero-order chi connectivity index (χ0) is 13.0. The summed E-state index contributed by atoms with van der Waals surface area (Å²) in [6.45, 7) is -0.420. The Hall–Kier alpha value is -2.14. The Morgan fingerprint density at radius 2 is 2.06 bits per heavy atom. The highest BCUT2D eigenvalue weighted by Crippen LogP contribution is 2.19. The van der Waals surface area contributed by atoms with Gasteiger partial charge < -0.3 is 9.84 Å². The summed E-state index contributed by atoms with van der Waals surface area (Å²) >= 11 is 1.37. The van der Waals surface area contributed by atoms with Crippen molar-refractivity contribution in [1.29, 1.82) is 0 Å². The molecule has 1 N–H and O–H groups in total. The number of carbonyl (C=O) groups excluding carboxylic acids is 1. The molecule has 0 aliphatic carbocycles. The molecule has 1 aromatic heterocycles. The molecule has 1 heterocycles. The lowest BCUT2D eigenvalue weighted by molar-refractivity contribution is -0.139. The van der Waals surface area contributed by atoms with Crippen molar-refractivity contribution in [2.45, 2.75) is 0 Å². The van der Waals surface area contributed by atoms with Crippen LogP contribution in [0, 0.1) is 0 Å². The Labute approximate surface area is 107 Å². The summed E-state index contributed by atoms with van der Waals surface area (Å²) in [4.78, 5) is 23.1. The molecule has 1 aromatic carbocycles. The molecule has 0 amide bonds. The van der Waals surface area contributed by atoms with E-state index >= 15 is 0 Å². The van der Waals surface area contributed by atoms with Crippen LogP contribution in [0.15, 0.2) is 41.8 Å². The third kappa shape index (κ3) is 2.95. The molecule has 0 atom stereocenters. The smallest absolute Gasteiger partial charge is 0.341 e. The number of rotatable bonds is 5. The summed E-state index contributed by atoms with van der Waals surface area (Å²) < 4.78 is 5.03. The van der Waals surface area contributed by atoms with E-state index in [0.717, 1.165) is 0 Å². The number of benzene rings is 1. The minimum atomic E-state index is -1.05.